The number of methoxy groups -OCH3 is 1. The van der Waals surface area contributed by atoms with Crippen molar-refractivity contribution in [2.24, 2.45) is 5.92 Å². The highest BCUT2D eigenvalue weighted by molar-refractivity contribution is 5.90. The maximum absolute atomic E-state index is 11.9. The van der Waals surface area contributed by atoms with Crippen LogP contribution in [0.15, 0.2) is 54.6 Å². The normalized spacial score (nSPS) is 22.9. The first-order valence-corrected chi connectivity index (χ1v) is 8.57. The maximum atomic E-state index is 11.9. The molecular weight excluding hydrogens is 330 g/mol. The van der Waals surface area contributed by atoms with Crippen molar-refractivity contribution < 1.29 is 19.4 Å². The van der Waals surface area contributed by atoms with E-state index in [1.165, 1.54) is 7.11 Å². The van der Waals surface area contributed by atoms with Gasteiger partial charge in [0.25, 0.3) is 0 Å². The van der Waals surface area contributed by atoms with E-state index < -0.39 is 5.97 Å². The third-order valence-corrected chi connectivity index (χ3v) is 5.30. The van der Waals surface area contributed by atoms with E-state index in [2.05, 4.69) is 17.5 Å². The molecule has 2 N–H and O–H groups in total. The Morgan fingerprint density at radius 3 is 2.54 bits per heavy atom. The first kappa shape index (κ1) is 16.4. The highest BCUT2D eigenvalue weighted by atomic mass is 16.5. The molecule has 1 aliphatic carbocycles. The van der Waals surface area contributed by atoms with Crippen molar-refractivity contribution in [1.29, 1.82) is 0 Å². The van der Waals surface area contributed by atoms with Gasteiger partial charge in [-0.15, -0.1) is 0 Å². The van der Waals surface area contributed by atoms with E-state index in [1.807, 2.05) is 24.3 Å². The molecule has 0 radical (unpaired) electrons. The number of ether oxygens (including phenoxy) is 1. The van der Waals surface area contributed by atoms with Crippen LogP contribution in [0.25, 0.3) is 0 Å². The van der Waals surface area contributed by atoms with Gasteiger partial charge in [0.05, 0.1) is 24.3 Å². The Balaban J connectivity index is 1.71. The van der Waals surface area contributed by atoms with Gasteiger partial charge in [-0.1, -0.05) is 24.3 Å². The van der Waals surface area contributed by atoms with Crippen molar-refractivity contribution in [2.75, 3.05) is 12.4 Å². The molecule has 0 saturated carbocycles. The van der Waals surface area contributed by atoms with Crippen LogP contribution >= 0.6 is 0 Å². The van der Waals surface area contributed by atoms with E-state index in [0.717, 1.165) is 23.2 Å². The number of hydrogen-bond donors (Lipinski definition) is 2. The van der Waals surface area contributed by atoms with Crippen molar-refractivity contribution in [3.63, 3.8) is 0 Å². The summed E-state index contributed by atoms with van der Waals surface area (Å²) >= 11 is 0. The highest BCUT2D eigenvalue weighted by Gasteiger charge is 2.38. The number of anilines is 1. The number of carboxylic acid groups (broad SMARTS) is 1. The lowest BCUT2D eigenvalue weighted by atomic mass is 9.76. The molecule has 1 aliphatic heterocycles. The van der Waals surface area contributed by atoms with Crippen molar-refractivity contribution in [1.82, 2.24) is 0 Å². The number of benzene rings is 2. The van der Waals surface area contributed by atoms with E-state index >= 15 is 0 Å². The Kier molecular flexibility index (Phi) is 3.99. The zero-order chi connectivity index (χ0) is 18.3. The van der Waals surface area contributed by atoms with E-state index in [9.17, 15) is 9.59 Å². The van der Waals surface area contributed by atoms with E-state index in [1.54, 1.807) is 18.2 Å². The molecule has 1 heterocycles. The molecular formula is C21H19NO4. The van der Waals surface area contributed by atoms with Gasteiger partial charge >= 0.3 is 11.9 Å². The first-order chi connectivity index (χ1) is 12.6. The average molecular weight is 349 g/mol. The van der Waals surface area contributed by atoms with Crippen molar-refractivity contribution >= 4 is 17.6 Å². The molecule has 2 aliphatic rings. The first-order valence-electron chi connectivity index (χ1n) is 8.57. The number of esters is 1. The monoisotopic (exact) mass is 349 g/mol. The van der Waals surface area contributed by atoms with Crippen LogP contribution in [0.2, 0.25) is 0 Å². The zero-order valence-electron chi connectivity index (χ0n) is 14.3. The number of aromatic carboxylic acids is 1. The Morgan fingerprint density at radius 1 is 1.12 bits per heavy atom. The second kappa shape index (κ2) is 6.33. The number of fused-ring (bicyclic) bond motifs is 3. The molecule has 5 heteroatoms. The number of carbonyl (C=O) groups excluding carboxylic acids is 1. The Hall–Kier alpha value is -3.08. The van der Waals surface area contributed by atoms with Gasteiger partial charge in [-0.3, -0.25) is 0 Å². The third kappa shape index (κ3) is 2.65. The van der Waals surface area contributed by atoms with Crippen LogP contribution in [0.4, 0.5) is 5.69 Å². The molecule has 0 saturated heterocycles. The highest BCUT2D eigenvalue weighted by Crippen LogP contribution is 2.49. The average Bonchev–Trinajstić information content (AvgIpc) is 3.16. The Morgan fingerprint density at radius 2 is 1.85 bits per heavy atom. The topological polar surface area (TPSA) is 75.6 Å². The van der Waals surface area contributed by atoms with Crippen LogP contribution in [0.3, 0.4) is 0 Å². The summed E-state index contributed by atoms with van der Waals surface area (Å²) in [7, 11) is 1.38. The SMILES string of the molecule is COC(=O)c1ccc2c(c1)[C@@H]1C=CC[C@@H]1[C@@H](c1ccc(C(=O)O)cc1)N2. The number of carboxylic acids is 1. The third-order valence-electron chi connectivity index (χ3n) is 5.30. The van der Waals surface area contributed by atoms with E-state index in [-0.39, 0.29) is 23.5 Å². The Bertz CT molecular complexity index is 901. The second-order valence-corrected chi connectivity index (χ2v) is 6.70. The minimum absolute atomic E-state index is 0.0920. The predicted molar refractivity (Wildman–Crippen MR) is 97.5 cm³/mol. The summed E-state index contributed by atoms with van der Waals surface area (Å²) < 4.78 is 4.83. The van der Waals surface area contributed by atoms with Gasteiger partial charge in [-0.25, -0.2) is 9.59 Å². The fourth-order valence-electron chi connectivity index (χ4n) is 4.00. The van der Waals surface area contributed by atoms with E-state index in [0.29, 0.717) is 11.5 Å². The molecule has 5 nitrogen and oxygen atoms in total. The van der Waals surface area contributed by atoms with Crippen LogP contribution in [0, 0.1) is 5.92 Å². The van der Waals surface area contributed by atoms with Crippen molar-refractivity contribution in [3.8, 4) is 0 Å². The fourth-order valence-corrected chi connectivity index (χ4v) is 4.00. The maximum Gasteiger partial charge on any atom is 0.337 e. The lowest BCUT2D eigenvalue weighted by Gasteiger charge is -2.37. The molecule has 2 aromatic rings. The molecule has 0 spiro atoms. The molecule has 0 unspecified atom stereocenters. The summed E-state index contributed by atoms with van der Waals surface area (Å²) in [4.78, 5) is 22.9. The van der Waals surface area contributed by atoms with Crippen LogP contribution in [-0.4, -0.2) is 24.2 Å². The molecule has 4 rings (SSSR count). The molecule has 0 aromatic heterocycles. The van der Waals surface area contributed by atoms with Crippen LogP contribution in [0.5, 0.6) is 0 Å². The predicted octanol–water partition coefficient (Wildman–Crippen LogP) is 4.00. The van der Waals surface area contributed by atoms with Gasteiger partial charge in [0.15, 0.2) is 0 Å². The molecule has 0 amide bonds. The van der Waals surface area contributed by atoms with Gasteiger partial charge in [0.2, 0.25) is 0 Å². The number of carbonyl (C=O) groups is 2. The molecule has 132 valence electrons. The fraction of sp³-hybridized carbons (Fsp3) is 0.238. The second-order valence-electron chi connectivity index (χ2n) is 6.70. The van der Waals surface area contributed by atoms with Crippen molar-refractivity contribution in [3.05, 3.63) is 76.9 Å². The lowest BCUT2D eigenvalue weighted by molar-refractivity contribution is 0.0599. The number of allylic oxidation sites excluding steroid dienone is 2. The summed E-state index contributed by atoms with van der Waals surface area (Å²) in [5.74, 6) is -0.710. The standard InChI is InChI=1S/C21H19NO4/c1-26-21(25)14-9-10-18-17(11-14)15-3-2-4-16(15)19(22-18)12-5-7-13(8-6-12)20(23)24/h2-3,5-11,15-16,19,22H,4H2,1H3,(H,23,24)/t15-,16+,19-/m1/s1. The summed E-state index contributed by atoms with van der Waals surface area (Å²) in [5, 5.41) is 12.7. The quantitative estimate of drug-likeness (QED) is 0.647. The molecule has 26 heavy (non-hydrogen) atoms. The van der Waals surface area contributed by atoms with Gasteiger partial charge in [0.1, 0.15) is 0 Å². The van der Waals surface area contributed by atoms with Crippen LogP contribution in [0.1, 0.15) is 50.2 Å². The molecule has 3 atom stereocenters. The van der Waals surface area contributed by atoms with Crippen molar-refractivity contribution in [2.45, 2.75) is 18.4 Å². The summed E-state index contributed by atoms with van der Waals surface area (Å²) in [6.07, 6.45) is 5.31. The van der Waals surface area contributed by atoms with Crippen LogP contribution < -0.4 is 5.32 Å². The number of hydrogen-bond acceptors (Lipinski definition) is 4. The summed E-state index contributed by atoms with van der Waals surface area (Å²) in [6.45, 7) is 0. The van der Waals surface area contributed by atoms with Gasteiger partial charge in [-0.05, 0) is 53.8 Å². The minimum atomic E-state index is -0.922. The lowest BCUT2D eigenvalue weighted by Crippen LogP contribution is -2.29. The number of rotatable bonds is 3. The minimum Gasteiger partial charge on any atom is -0.478 e. The Labute approximate surface area is 151 Å². The van der Waals surface area contributed by atoms with E-state index in [4.69, 9.17) is 9.84 Å². The zero-order valence-corrected chi connectivity index (χ0v) is 14.3. The smallest absolute Gasteiger partial charge is 0.337 e. The molecule has 0 fully saturated rings. The van der Waals surface area contributed by atoms with Crippen LogP contribution in [-0.2, 0) is 4.74 Å². The molecule has 2 aromatic carbocycles. The van der Waals surface area contributed by atoms with Gasteiger partial charge in [0, 0.05) is 11.6 Å². The van der Waals surface area contributed by atoms with Gasteiger partial charge in [-0.2, -0.15) is 0 Å². The number of nitrogens with one attached hydrogen (secondary N) is 1. The summed E-state index contributed by atoms with van der Waals surface area (Å²) in [5.41, 5.74) is 4.00. The van der Waals surface area contributed by atoms with Gasteiger partial charge < -0.3 is 15.2 Å². The molecule has 0 bridgehead atoms. The summed E-state index contributed by atoms with van der Waals surface area (Å²) in [6, 6.07) is 12.7. The largest absolute Gasteiger partial charge is 0.478 e.